The summed E-state index contributed by atoms with van der Waals surface area (Å²) in [6, 6.07) is 5.66. The summed E-state index contributed by atoms with van der Waals surface area (Å²) >= 11 is 1.80. The van der Waals surface area contributed by atoms with Crippen LogP contribution in [0, 0.1) is 0 Å². The van der Waals surface area contributed by atoms with Gasteiger partial charge in [-0.3, -0.25) is 9.69 Å². The quantitative estimate of drug-likeness (QED) is 0.658. The number of carbonyl (C=O) groups excluding carboxylic acids is 1. The van der Waals surface area contributed by atoms with Crippen LogP contribution >= 0.6 is 49.0 Å². The molecule has 1 aromatic rings. The molecule has 0 unspecified atom stereocenters. The first-order valence-electron chi connectivity index (χ1n) is 9.68. The Kier molecular flexibility index (Phi) is 11.1. The van der Waals surface area contributed by atoms with E-state index in [1.807, 2.05) is 4.90 Å². The molecule has 3 fully saturated rings. The van der Waals surface area contributed by atoms with E-state index in [1.54, 1.807) is 23.9 Å². The van der Waals surface area contributed by atoms with Crippen molar-refractivity contribution < 1.29 is 18.0 Å². The molecule has 3 aliphatic heterocycles. The van der Waals surface area contributed by atoms with Crippen LogP contribution < -0.4 is 10.2 Å². The highest BCUT2D eigenvalue weighted by Gasteiger charge is 2.36. The van der Waals surface area contributed by atoms with Crippen molar-refractivity contribution in [3.05, 3.63) is 29.8 Å². The predicted octanol–water partition coefficient (Wildman–Crippen LogP) is 3.36. The summed E-state index contributed by atoms with van der Waals surface area (Å²) in [7, 11) is 0. The largest absolute Gasteiger partial charge is 0.416 e. The second-order valence-electron chi connectivity index (χ2n) is 7.56. The van der Waals surface area contributed by atoms with Crippen LogP contribution in [0.2, 0.25) is 0 Å². The third-order valence-electron chi connectivity index (χ3n) is 5.86. The van der Waals surface area contributed by atoms with Crippen LogP contribution in [0.4, 0.5) is 18.9 Å². The molecule has 0 saturated carbocycles. The number of hydrogen-bond donors (Lipinski definition) is 1. The molecule has 31 heavy (non-hydrogen) atoms. The molecule has 4 rings (SSSR count). The van der Waals surface area contributed by atoms with Gasteiger partial charge in [0.2, 0.25) is 5.91 Å². The summed E-state index contributed by atoms with van der Waals surface area (Å²) in [4.78, 5) is 19.0. The number of hydrogen-bond acceptors (Lipinski definition) is 5. The van der Waals surface area contributed by atoms with Crippen molar-refractivity contribution >= 4 is 60.6 Å². The van der Waals surface area contributed by atoms with Crippen molar-refractivity contribution in [3.8, 4) is 0 Å². The molecule has 5 nitrogen and oxygen atoms in total. The maximum Gasteiger partial charge on any atom is 0.416 e. The number of nitrogens with zero attached hydrogens (tertiary/aromatic N) is 3. The number of rotatable bonds is 3. The maximum absolute atomic E-state index is 12.7. The third kappa shape index (κ3) is 6.71. The summed E-state index contributed by atoms with van der Waals surface area (Å²) in [5.74, 6) is 2.04. The topological polar surface area (TPSA) is 38.8 Å². The Balaban J connectivity index is 0.00000160. The standard InChI is InChI=1S/C19H25F3N4OS.3ClH/c20-19(21,22)14-1-3-15(4-2-14)24-5-7-25(8-6-24)16-11-17(23-12-16)18(27)26-9-10-28-13-26;;;/h1-4,16-17,23H,5-13H2;3*1H/t16-,17-;;;/m0.../s1. The van der Waals surface area contributed by atoms with E-state index in [-0.39, 0.29) is 49.2 Å². The van der Waals surface area contributed by atoms with Gasteiger partial charge in [0.05, 0.1) is 17.5 Å². The summed E-state index contributed by atoms with van der Waals surface area (Å²) in [6.45, 7) is 4.93. The van der Waals surface area contributed by atoms with Gasteiger partial charge in [0.1, 0.15) is 0 Å². The highest BCUT2D eigenvalue weighted by Crippen LogP contribution is 2.31. The molecule has 0 aliphatic carbocycles. The van der Waals surface area contributed by atoms with E-state index in [0.29, 0.717) is 6.04 Å². The van der Waals surface area contributed by atoms with E-state index in [4.69, 9.17) is 0 Å². The number of anilines is 1. The lowest BCUT2D eigenvalue weighted by Crippen LogP contribution is -2.51. The molecule has 3 saturated heterocycles. The lowest BCUT2D eigenvalue weighted by molar-refractivity contribution is -0.137. The Morgan fingerprint density at radius 3 is 2.19 bits per heavy atom. The predicted molar refractivity (Wildman–Crippen MR) is 126 cm³/mol. The van der Waals surface area contributed by atoms with Gasteiger partial charge in [0.15, 0.2) is 0 Å². The number of piperazine rings is 1. The van der Waals surface area contributed by atoms with Gasteiger partial charge in [-0.15, -0.1) is 49.0 Å². The van der Waals surface area contributed by atoms with Gasteiger partial charge >= 0.3 is 6.18 Å². The van der Waals surface area contributed by atoms with Gasteiger partial charge in [-0.2, -0.15) is 13.2 Å². The third-order valence-corrected chi connectivity index (χ3v) is 6.83. The molecule has 12 heteroatoms. The molecule has 3 aliphatic rings. The number of halogens is 6. The van der Waals surface area contributed by atoms with Gasteiger partial charge in [-0.25, -0.2) is 0 Å². The molecule has 0 radical (unpaired) electrons. The number of thioether (sulfide) groups is 1. The molecule has 0 spiro atoms. The molecule has 0 bridgehead atoms. The van der Waals surface area contributed by atoms with Crippen LogP contribution in [-0.4, -0.2) is 78.7 Å². The van der Waals surface area contributed by atoms with Gasteiger partial charge < -0.3 is 15.1 Å². The first kappa shape index (κ1) is 28.5. The SMILES string of the molecule is Cl.Cl.Cl.O=C([C@@H]1C[C@H](N2CCN(c3ccc(C(F)(F)F)cc3)CC2)CN1)N1CCSC1. The Labute approximate surface area is 203 Å². The second-order valence-corrected chi connectivity index (χ2v) is 8.63. The van der Waals surface area contributed by atoms with E-state index < -0.39 is 11.7 Å². The fourth-order valence-corrected chi connectivity index (χ4v) is 5.15. The number of carbonyl (C=O) groups is 1. The molecule has 0 aromatic heterocycles. The highest BCUT2D eigenvalue weighted by atomic mass is 35.5. The van der Waals surface area contributed by atoms with Crippen LogP contribution in [0.5, 0.6) is 0 Å². The molecule has 1 N–H and O–H groups in total. The first-order valence-corrected chi connectivity index (χ1v) is 10.8. The zero-order valence-corrected chi connectivity index (χ0v) is 20.1. The van der Waals surface area contributed by atoms with E-state index >= 15 is 0 Å². The fourth-order valence-electron chi connectivity index (χ4n) is 4.20. The van der Waals surface area contributed by atoms with Crippen molar-refractivity contribution in [2.75, 3.05) is 55.8 Å². The normalized spacial score (nSPS) is 24.2. The van der Waals surface area contributed by atoms with Crippen molar-refractivity contribution in [1.82, 2.24) is 15.1 Å². The molecular weight excluding hydrogens is 496 g/mol. The zero-order chi connectivity index (χ0) is 19.7. The van der Waals surface area contributed by atoms with Crippen molar-refractivity contribution in [2.24, 2.45) is 0 Å². The maximum atomic E-state index is 12.7. The van der Waals surface area contributed by atoms with Crippen LogP contribution in [0.1, 0.15) is 12.0 Å². The smallest absolute Gasteiger partial charge is 0.369 e. The number of benzene rings is 1. The Bertz CT molecular complexity index is 700. The monoisotopic (exact) mass is 522 g/mol. The summed E-state index contributed by atoms with van der Waals surface area (Å²) in [5, 5.41) is 3.38. The average molecular weight is 524 g/mol. The summed E-state index contributed by atoms with van der Waals surface area (Å²) < 4.78 is 38.2. The van der Waals surface area contributed by atoms with Crippen molar-refractivity contribution in [2.45, 2.75) is 24.7 Å². The number of amides is 1. The van der Waals surface area contributed by atoms with Crippen molar-refractivity contribution in [3.63, 3.8) is 0 Å². The van der Waals surface area contributed by atoms with E-state index in [0.717, 1.165) is 75.1 Å². The molecule has 3 heterocycles. The molecule has 178 valence electrons. The fraction of sp³-hybridized carbons (Fsp3) is 0.632. The van der Waals surface area contributed by atoms with Gasteiger partial charge in [-0.1, -0.05) is 0 Å². The summed E-state index contributed by atoms with van der Waals surface area (Å²) in [5.41, 5.74) is 0.218. The van der Waals surface area contributed by atoms with Crippen LogP contribution in [0.15, 0.2) is 24.3 Å². The lowest BCUT2D eigenvalue weighted by atomic mass is 10.1. The van der Waals surface area contributed by atoms with E-state index in [9.17, 15) is 18.0 Å². The molecule has 1 aromatic carbocycles. The van der Waals surface area contributed by atoms with Gasteiger partial charge in [0.25, 0.3) is 0 Å². The van der Waals surface area contributed by atoms with Gasteiger partial charge in [-0.05, 0) is 30.7 Å². The summed E-state index contributed by atoms with van der Waals surface area (Å²) in [6.07, 6.45) is -3.46. The van der Waals surface area contributed by atoms with Crippen LogP contribution in [0.3, 0.4) is 0 Å². The first-order chi connectivity index (χ1) is 13.4. The number of nitrogens with one attached hydrogen (secondary N) is 1. The molecule has 1 amide bonds. The second kappa shape index (κ2) is 12.0. The molecular formula is C19H28Cl3F3N4OS. The molecule has 2 atom stereocenters. The van der Waals surface area contributed by atoms with Gasteiger partial charge in [0, 0.05) is 56.8 Å². The minimum atomic E-state index is -4.30. The minimum Gasteiger partial charge on any atom is -0.369 e. The lowest BCUT2D eigenvalue weighted by Gasteiger charge is -2.39. The minimum absolute atomic E-state index is 0. The average Bonchev–Trinajstić information content (AvgIpc) is 3.39. The Morgan fingerprint density at radius 1 is 1.00 bits per heavy atom. The van der Waals surface area contributed by atoms with E-state index in [2.05, 4.69) is 15.1 Å². The Morgan fingerprint density at radius 2 is 1.65 bits per heavy atom. The van der Waals surface area contributed by atoms with Crippen LogP contribution in [-0.2, 0) is 11.0 Å². The van der Waals surface area contributed by atoms with Crippen LogP contribution in [0.25, 0.3) is 0 Å². The Hall–Kier alpha value is -0.580. The van der Waals surface area contributed by atoms with E-state index in [1.165, 1.54) is 0 Å². The van der Waals surface area contributed by atoms with Crippen molar-refractivity contribution in [1.29, 1.82) is 0 Å². The zero-order valence-electron chi connectivity index (χ0n) is 16.8. The highest BCUT2D eigenvalue weighted by molar-refractivity contribution is 7.99. The number of alkyl halides is 3.